The summed E-state index contributed by atoms with van der Waals surface area (Å²) < 4.78 is 0. The highest BCUT2D eigenvalue weighted by Crippen LogP contribution is 2.24. The lowest BCUT2D eigenvalue weighted by molar-refractivity contribution is 0.0173. The van der Waals surface area contributed by atoms with E-state index < -0.39 is 0 Å². The molecule has 1 aromatic rings. The molecule has 1 aromatic carbocycles. The number of phenolic OH excluding ortho intramolecular Hbond substituents is 1. The standard InChI is InChI=1S/C16H25N3O/c1-13-4-3-5-14(16(13)20)10-18-7-9-19-8-6-17(2)11-15(19)12-18/h3-5,15,20H,6-12H2,1-2H3. The molecule has 20 heavy (non-hydrogen) atoms. The number of hydrogen-bond acceptors (Lipinski definition) is 4. The molecule has 2 aliphatic heterocycles. The molecule has 2 aliphatic rings. The van der Waals surface area contributed by atoms with Crippen molar-refractivity contribution in [1.82, 2.24) is 14.7 Å². The average molecular weight is 275 g/mol. The first kappa shape index (κ1) is 13.9. The van der Waals surface area contributed by atoms with Crippen LogP contribution in [0.1, 0.15) is 11.1 Å². The van der Waals surface area contributed by atoms with Crippen molar-refractivity contribution >= 4 is 0 Å². The van der Waals surface area contributed by atoms with Gasteiger partial charge in [0.05, 0.1) is 0 Å². The summed E-state index contributed by atoms with van der Waals surface area (Å²) in [6.07, 6.45) is 0. The van der Waals surface area contributed by atoms with Crippen LogP contribution in [0.2, 0.25) is 0 Å². The molecule has 4 heteroatoms. The largest absolute Gasteiger partial charge is 0.507 e. The lowest BCUT2D eigenvalue weighted by Crippen LogP contribution is -2.61. The van der Waals surface area contributed by atoms with Gasteiger partial charge in [-0.3, -0.25) is 9.80 Å². The molecule has 0 spiro atoms. The minimum Gasteiger partial charge on any atom is -0.507 e. The summed E-state index contributed by atoms with van der Waals surface area (Å²) >= 11 is 0. The molecule has 0 bridgehead atoms. The van der Waals surface area contributed by atoms with Gasteiger partial charge in [-0.15, -0.1) is 0 Å². The minimum atomic E-state index is 0.468. The summed E-state index contributed by atoms with van der Waals surface area (Å²) in [5, 5.41) is 10.2. The van der Waals surface area contributed by atoms with E-state index in [-0.39, 0.29) is 0 Å². The first-order valence-electron chi connectivity index (χ1n) is 7.56. The Bertz CT molecular complexity index is 477. The van der Waals surface area contributed by atoms with Gasteiger partial charge in [-0.2, -0.15) is 0 Å². The number of piperazine rings is 2. The van der Waals surface area contributed by atoms with Gasteiger partial charge in [0.15, 0.2) is 0 Å². The lowest BCUT2D eigenvalue weighted by atomic mass is 10.1. The van der Waals surface area contributed by atoms with Gasteiger partial charge in [-0.05, 0) is 19.5 Å². The van der Waals surface area contributed by atoms with E-state index in [1.54, 1.807) is 0 Å². The number of phenols is 1. The van der Waals surface area contributed by atoms with Crippen molar-refractivity contribution in [2.45, 2.75) is 19.5 Å². The fraction of sp³-hybridized carbons (Fsp3) is 0.625. The summed E-state index contributed by atoms with van der Waals surface area (Å²) in [7, 11) is 2.21. The molecule has 110 valence electrons. The lowest BCUT2D eigenvalue weighted by Gasteiger charge is -2.46. The third-order valence-electron chi connectivity index (χ3n) is 4.70. The molecule has 0 aliphatic carbocycles. The molecule has 1 unspecified atom stereocenters. The molecule has 1 atom stereocenters. The fourth-order valence-electron chi connectivity index (χ4n) is 3.41. The third-order valence-corrected chi connectivity index (χ3v) is 4.70. The number of likely N-dealkylation sites (N-methyl/N-ethyl adjacent to an activating group) is 1. The number of aromatic hydroxyl groups is 1. The highest BCUT2D eigenvalue weighted by atomic mass is 16.3. The fourth-order valence-corrected chi connectivity index (χ4v) is 3.41. The van der Waals surface area contributed by atoms with Gasteiger partial charge in [0.1, 0.15) is 5.75 Å². The van der Waals surface area contributed by atoms with Crippen LogP contribution in [-0.4, -0.2) is 72.2 Å². The smallest absolute Gasteiger partial charge is 0.122 e. The highest BCUT2D eigenvalue weighted by Gasteiger charge is 2.30. The van der Waals surface area contributed by atoms with E-state index in [0.29, 0.717) is 11.8 Å². The number of nitrogens with zero attached hydrogens (tertiary/aromatic N) is 3. The van der Waals surface area contributed by atoms with Crippen LogP contribution < -0.4 is 0 Å². The van der Waals surface area contributed by atoms with Crippen LogP contribution in [0.4, 0.5) is 0 Å². The summed E-state index contributed by atoms with van der Waals surface area (Å²) in [6.45, 7) is 9.75. The van der Waals surface area contributed by atoms with Gasteiger partial charge in [0.2, 0.25) is 0 Å². The van der Waals surface area contributed by atoms with Crippen LogP contribution in [0.3, 0.4) is 0 Å². The van der Waals surface area contributed by atoms with E-state index in [9.17, 15) is 5.11 Å². The molecular weight excluding hydrogens is 250 g/mol. The number of hydrogen-bond donors (Lipinski definition) is 1. The van der Waals surface area contributed by atoms with E-state index in [4.69, 9.17) is 0 Å². The molecule has 3 rings (SSSR count). The van der Waals surface area contributed by atoms with Gasteiger partial charge in [0.25, 0.3) is 0 Å². The van der Waals surface area contributed by atoms with E-state index >= 15 is 0 Å². The van der Waals surface area contributed by atoms with E-state index in [2.05, 4.69) is 21.7 Å². The molecule has 2 saturated heterocycles. The van der Waals surface area contributed by atoms with Crippen LogP contribution in [-0.2, 0) is 6.54 Å². The van der Waals surface area contributed by atoms with Gasteiger partial charge < -0.3 is 10.0 Å². The Morgan fingerprint density at radius 1 is 1.15 bits per heavy atom. The average Bonchev–Trinajstić information content (AvgIpc) is 2.43. The molecule has 0 aromatic heterocycles. The second-order valence-corrected chi connectivity index (χ2v) is 6.27. The Hall–Kier alpha value is -1.10. The van der Waals surface area contributed by atoms with Crippen LogP contribution in [0.15, 0.2) is 18.2 Å². The monoisotopic (exact) mass is 275 g/mol. The van der Waals surface area contributed by atoms with E-state index in [1.807, 2.05) is 25.1 Å². The van der Waals surface area contributed by atoms with Gasteiger partial charge >= 0.3 is 0 Å². The van der Waals surface area contributed by atoms with E-state index in [1.165, 1.54) is 13.1 Å². The zero-order chi connectivity index (χ0) is 14.1. The topological polar surface area (TPSA) is 30.0 Å². The number of fused-ring (bicyclic) bond motifs is 1. The van der Waals surface area contributed by atoms with Crippen molar-refractivity contribution in [3.05, 3.63) is 29.3 Å². The van der Waals surface area contributed by atoms with E-state index in [0.717, 1.165) is 43.9 Å². The van der Waals surface area contributed by atoms with Gasteiger partial charge in [-0.25, -0.2) is 0 Å². The molecule has 1 N–H and O–H groups in total. The number of aryl methyl sites for hydroxylation is 1. The molecule has 2 fully saturated rings. The van der Waals surface area contributed by atoms with Crippen LogP contribution in [0.5, 0.6) is 5.75 Å². The Kier molecular flexibility index (Phi) is 3.96. The molecule has 0 saturated carbocycles. The van der Waals surface area contributed by atoms with Crippen molar-refractivity contribution in [2.24, 2.45) is 0 Å². The quantitative estimate of drug-likeness (QED) is 0.876. The maximum atomic E-state index is 10.2. The first-order chi connectivity index (χ1) is 9.63. The number of benzene rings is 1. The second-order valence-electron chi connectivity index (χ2n) is 6.27. The Labute approximate surface area is 121 Å². The maximum Gasteiger partial charge on any atom is 0.122 e. The molecule has 2 heterocycles. The summed E-state index contributed by atoms with van der Waals surface area (Å²) in [6, 6.07) is 6.69. The van der Waals surface area contributed by atoms with Crippen molar-refractivity contribution < 1.29 is 5.11 Å². The SMILES string of the molecule is Cc1cccc(CN2CCN3CCN(C)CC3C2)c1O. The minimum absolute atomic E-state index is 0.468. The molecule has 0 radical (unpaired) electrons. The van der Waals surface area contributed by atoms with Crippen molar-refractivity contribution in [2.75, 3.05) is 46.3 Å². The summed E-state index contributed by atoms with van der Waals surface area (Å²) in [5.74, 6) is 0.468. The summed E-state index contributed by atoms with van der Waals surface area (Å²) in [4.78, 5) is 7.52. The van der Waals surface area contributed by atoms with Crippen LogP contribution >= 0.6 is 0 Å². The highest BCUT2D eigenvalue weighted by molar-refractivity contribution is 5.39. The second kappa shape index (κ2) is 5.72. The predicted octanol–water partition coefficient (Wildman–Crippen LogP) is 1.13. The van der Waals surface area contributed by atoms with Crippen LogP contribution in [0.25, 0.3) is 0 Å². The third kappa shape index (κ3) is 2.82. The Balaban J connectivity index is 1.65. The van der Waals surface area contributed by atoms with Crippen LogP contribution in [0, 0.1) is 6.92 Å². The Morgan fingerprint density at radius 2 is 1.95 bits per heavy atom. The normalized spacial score (nSPS) is 25.6. The molecule has 4 nitrogen and oxygen atoms in total. The van der Waals surface area contributed by atoms with Crippen molar-refractivity contribution in [3.63, 3.8) is 0 Å². The Morgan fingerprint density at radius 3 is 2.80 bits per heavy atom. The number of rotatable bonds is 2. The summed E-state index contributed by atoms with van der Waals surface area (Å²) in [5.41, 5.74) is 2.03. The number of para-hydroxylation sites is 1. The van der Waals surface area contributed by atoms with Crippen molar-refractivity contribution in [1.29, 1.82) is 0 Å². The van der Waals surface area contributed by atoms with Gasteiger partial charge in [0, 0.05) is 57.4 Å². The predicted molar refractivity (Wildman–Crippen MR) is 81.0 cm³/mol. The molecular formula is C16H25N3O. The van der Waals surface area contributed by atoms with Gasteiger partial charge in [-0.1, -0.05) is 18.2 Å². The molecule has 0 amide bonds. The zero-order valence-corrected chi connectivity index (χ0v) is 12.5. The zero-order valence-electron chi connectivity index (χ0n) is 12.5. The maximum absolute atomic E-state index is 10.2. The first-order valence-corrected chi connectivity index (χ1v) is 7.56. The van der Waals surface area contributed by atoms with Crippen molar-refractivity contribution in [3.8, 4) is 5.75 Å².